The summed E-state index contributed by atoms with van der Waals surface area (Å²) >= 11 is 0. The Morgan fingerprint density at radius 2 is 1.96 bits per heavy atom. The average molecular weight is 332 g/mol. The number of hydrogen-bond donors (Lipinski definition) is 1. The number of methoxy groups -OCH3 is 2. The molecule has 0 radical (unpaired) electrons. The fraction of sp³-hybridized carbons (Fsp3) is 0.444. The van der Waals surface area contributed by atoms with Gasteiger partial charge < -0.3 is 19.2 Å². The molecule has 2 rings (SSSR count). The minimum Gasteiger partial charge on any atom is -0.497 e. The van der Waals surface area contributed by atoms with E-state index in [4.69, 9.17) is 13.9 Å². The predicted molar refractivity (Wildman–Crippen MR) is 91.8 cm³/mol. The van der Waals surface area contributed by atoms with Gasteiger partial charge in [0.1, 0.15) is 17.3 Å². The van der Waals surface area contributed by atoms with Crippen molar-refractivity contribution in [1.29, 1.82) is 0 Å². The molecule has 0 atom stereocenters. The van der Waals surface area contributed by atoms with Crippen LogP contribution in [0.5, 0.6) is 11.5 Å². The molecule has 0 unspecified atom stereocenters. The van der Waals surface area contributed by atoms with E-state index >= 15 is 0 Å². The van der Waals surface area contributed by atoms with Gasteiger partial charge in [0, 0.05) is 11.5 Å². The number of carbonyl (C=O) groups excluding carboxylic acids is 1. The predicted octanol–water partition coefficient (Wildman–Crippen LogP) is 3.48. The number of aryl methyl sites for hydroxylation is 1. The molecule has 1 aromatic carbocycles. The standard InChI is InChI=1S/C18H24N2O4/c1-11-14(24-17(19-11)18(2,3)4)10-16(21)20-13-8-7-12(22-5)9-15(13)23-6/h7-9H,10H2,1-6H3,(H,20,21). The van der Waals surface area contributed by atoms with Crippen molar-refractivity contribution in [3.05, 3.63) is 35.5 Å². The van der Waals surface area contributed by atoms with Crippen LogP contribution < -0.4 is 14.8 Å². The molecule has 0 saturated carbocycles. The first-order valence-electron chi connectivity index (χ1n) is 7.73. The molecule has 1 N–H and O–H groups in total. The summed E-state index contributed by atoms with van der Waals surface area (Å²) in [4.78, 5) is 16.7. The van der Waals surface area contributed by atoms with Gasteiger partial charge in [0.25, 0.3) is 0 Å². The van der Waals surface area contributed by atoms with E-state index in [1.54, 1.807) is 32.4 Å². The van der Waals surface area contributed by atoms with Crippen molar-refractivity contribution in [3.63, 3.8) is 0 Å². The second-order valence-electron chi connectivity index (χ2n) is 6.57. The number of nitrogens with one attached hydrogen (secondary N) is 1. The minimum atomic E-state index is -0.196. The molecule has 0 aliphatic rings. The molecule has 1 heterocycles. The van der Waals surface area contributed by atoms with Gasteiger partial charge in [-0.15, -0.1) is 0 Å². The van der Waals surface area contributed by atoms with Gasteiger partial charge in [0.15, 0.2) is 5.89 Å². The number of aromatic nitrogens is 1. The van der Waals surface area contributed by atoms with Crippen LogP contribution in [-0.4, -0.2) is 25.1 Å². The molecule has 130 valence electrons. The number of benzene rings is 1. The zero-order valence-corrected chi connectivity index (χ0v) is 15.0. The Bertz CT molecular complexity index is 729. The van der Waals surface area contributed by atoms with E-state index in [9.17, 15) is 4.79 Å². The van der Waals surface area contributed by atoms with E-state index in [1.807, 2.05) is 27.7 Å². The van der Waals surface area contributed by atoms with Crippen molar-refractivity contribution in [2.45, 2.75) is 39.5 Å². The van der Waals surface area contributed by atoms with Gasteiger partial charge in [-0.05, 0) is 19.1 Å². The third-order valence-corrected chi connectivity index (χ3v) is 3.54. The smallest absolute Gasteiger partial charge is 0.232 e. The molecule has 24 heavy (non-hydrogen) atoms. The number of carbonyl (C=O) groups is 1. The molecule has 0 fully saturated rings. The quantitative estimate of drug-likeness (QED) is 0.907. The van der Waals surface area contributed by atoms with E-state index in [0.29, 0.717) is 28.8 Å². The van der Waals surface area contributed by atoms with Crippen molar-refractivity contribution in [2.24, 2.45) is 0 Å². The number of ether oxygens (including phenoxy) is 2. The molecule has 1 amide bonds. The summed E-state index contributed by atoms with van der Waals surface area (Å²) in [5.41, 5.74) is 1.12. The summed E-state index contributed by atoms with van der Waals surface area (Å²) < 4.78 is 16.2. The highest BCUT2D eigenvalue weighted by molar-refractivity contribution is 5.93. The van der Waals surface area contributed by atoms with Crippen LogP contribution in [0.4, 0.5) is 5.69 Å². The molecule has 0 aliphatic carbocycles. The summed E-state index contributed by atoms with van der Waals surface area (Å²) in [7, 11) is 3.12. The lowest BCUT2D eigenvalue weighted by Crippen LogP contribution is -2.15. The molecule has 1 aromatic heterocycles. The number of rotatable bonds is 5. The van der Waals surface area contributed by atoms with Crippen molar-refractivity contribution < 1.29 is 18.7 Å². The van der Waals surface area contributed by atoms with E-state index < -0.39 is 0 Å². The van der Waals surface area contributed by atoms with Crippen molar-refractivity contribution in [2.75, 3.05) is 19.5 Å². The first-order chi connectivity index (χ1) is 11.2. The van der Waals surface area contributed by atoms with E-state index in [2.05, 4.69) is 10.3 Å². The van der Waals surface area contributed by atoms with Crippen molar-refractivity contribution >= 4 is 11.6 Å². The Kier molecular flexibility index (Phi) is 5.17. The highest BCUT2D eigenvalue weighted by atomic mass is 16.5. The maximum Gasteiger partial charge on any atom is 0.232 e. The summed E-state index contributed by atoms with van der Waals surface area (Å²) in [6.45, 7) is 7.90. The highest BCUT2D eigenvalue weighted by Gasteiger charge is 2.23. The van der Waals surface area contributed by atoms with E-state index in [0.717, 1.165) is 5.69 Å². The number of hydrogen-bond acceptors (Lipinski definition) is 5. The van der Waals surface area contributed by atoms with Crippen LogP contribution >= 0.6 is 0 Å². The molecular formula is C18H24N2O4. The maximum atomic E-state index is 12.3. The lowest BCUT2D eigenvalue weighted by molar-refractivity contribution is -0.115. The fourth-order valence-electron chi connectivity index (χ4n) is 2.15. The molecule has 6 nitrogen and oxygen atoms in total. The van der Waals surface area contributed by atoms with Crippen LogP contribution in [0.1, 0.15) is 38.1 Å². The number of anilines is 1. The zero-order chi connectivity index (χ0) is 17.9. The van der Waals surface area contributed by atoms with Crippen LogP contribution in [0.15, 0.2) is 22.6 Å². The Hall–Kier alpha value is -2.50. The number of nitrogens with zero attached hydrogens (tertiary/aromatic N) is 1. The molecule has 0 aliphatic heterocycles. The van der Waals surface area contributed by atoms with Gasteiger partial charge >= 0.3 is 0 Å². The lowest BCUT2D eigenvalue weighted by atomic mass is 9.97. The Morgan fingerprint density at radius 3 is 2.50 bits per heavy atom. The topological polar surface area (TPSA) is 73.6 Å². The first-order valence-corrected chi connectivity index (χ1v) is 7.73. The molecule has 0 spiro atoms. The summed E-state index contributed by atoms with van der Waals surface area (Å²) in [5.74, 6) is 2.20. The van der Waals surface area contributed by atoms with Crippen LogP contribution in [0.3, 0.4) is 0 Å². The minimum absolute atomic E-state index is 0.115. The SMILES string of the molecule is COc1ccc(NC(=O)Cc2oc(C(C)(C)C)nc2C)c(OC)c1. The van der Waals surface area contributed by atoms with Crippen LogP contribution in [0.2, 0.25) is 0 Å². The summed E-state index contributed by atoms with van der Waals surface area (Å²) in [6, 6.07) is 5.21. The van der Waals surface area contributed by atoms with Crippen LogP contribution in [0, 0.1) is 6.92 Å². The van der Waals surface area contributed by atoms with Gasteiger partial charge in [-0.25, -0.2) is 4.98 Å². The van der Waals surface area contributed by atoms with E-state index in [1.165, 1.54) is 0 Å². The second-order valence-corrected chi connectivity index (χ2v) is 6.57. The molecule has 6 heteroatoms. The molecule has 2 aromatic rings. The number of oxazole rings is 1. The summed E-state index contributed by atoms with van der Waals surface area (Å²) in [5, 5.41) is 2.83. The lowest BCUT2D eigenvalue weighted by Gasteiger charge is -2.12. The number of amides is 1. The third-order valence-electron chi connectivity index (χ3n) is 3.54. The van der Waals surface area contributed by atoms with Crippen LogP contribution in [-0.2, 0) is 16.6 Å². The first kappa shape index (κ1) is 17.8. The van der Waals surface area contributed by atoms with Gasteiger partial charge in [-0.1, -0.05) is 20.8 Å². The third kappa shape index (κ3) is 4.07. The van der Waals surface area contributed by atoms with E-state index in [-0.39, 0.29) is 17.7 Å². The largest absolute Gasteiger partial charge is 0.497 e. The molecule has 0 bridgehead atoms. The zero-order valence-electron chi connectivity index (χ0n) is 15.0. The fourth-order valence-corrected chi connectivity index (χ4v) is 2.15. The van der Waals surface area contributed by atoms with Gasteiger partial charge in [0.05, 0.1) is 32.0 Å². The van der Waals surface area contributed by atoms with Crippen molar-refractivity contribution in [3.8, 4) is 11.5 Å². The molecular weight excluding hydrogens is 308 g/mol. The highest BCUT2D eigenvalue weighted by Crippen LogP contribution is 2.29. The van der Waals surface area contributed by atoms with Gasteiger partial charge in [-0.2, -0.15) is 0 Å². The van der Waals surface area contributed by atoms with Gasteiger partial charge in [0.2, 0.25) is 5.91 Å². The normalized spacial score (nSPS) is 11.2. The average Bonchev–Trinajstić information content (AvgIpc) is 2.88. The Morgan fingerprint density at radius 1 is 1.25 bits per heavy atom. The Balaban J connectivity index is 2.13. The second kappa shape index (κ2) is 6.95. The maximum absolute atomic E-state index is 12.3. The monoisotopic (exact) mass is 332 g/mol. The van der Waals surface area contributed by atoms with Crippen LogP contribution in [0.25, 0.3) is 0 Å². The van der Waals surface area contributed by atoms with Crippen molar-refractivity contribution in [1.82, 2.24) is 4.98 Å². The molecule has 0 saturated heterocycles. The van der Waals surface area contributed by atoms with Gasteiger partial charge in [-0.3, -0.25) is 4.79 Å². The summed E-state index contributed by atoms with van der Waals surface area (Å²) in [6.07, 6.45) is 0.115. The Labute approximate surface area is 142 Å².